The van der Waals surface area contributed by atoms with E-state index < -0.39 is 9.84 Å². The number of carbonyl (C=O) groups excluding carboxylic acids is 1. The minimum absolute atomic E-state index is 0.0308. The average molecular weight is 323 g/mol. The Kier molecular flexibility index (Phi) is 4.32. The van der Waals surface area contributed by atoms with Gasteiger partial charge in [0.15, 0.2) is 9.84 Å². The van der Waals surface area contributed by atoms with Crippen molar-refractivity contribution < 1.29 is 13.2 Å². The molecule has 19 heavy (non-hydrogen) atoms. The standard InChI is InChI=1S/C11H12Cl2N2O3S/c12-8-2-3-9(13)14-10(8)11(16)15-4-1-6-19(17,18)7-5-15/h2-3H,1,4-7H2. The van der Waals surface area contributed by atoms with Gasteiger partial charge >= 0.3 is 0 Å². The molecule has 0 aromatic carbocycles. The summed E-state index contributed by atoms with van der Waals surface area (Å²) in [6.45, 7) is 0.536. The van der Waals surface area contributed by atoms with Crippen LogP contribution < -0.4 is 0 Å². The van der Waals surface area contributed by atoms with E-state index in [1.54, 1.807) is 0 Å². The first-order valence-corrected chi connectivity index (χ1v) is 8.28. The van der Waals surface area contributed by atoms with E-state index in [1.165, 1.54) is 17.0 Å². The van der Waals surface area contributed by atoms with Crippen molar-refractivity contribution in [3.8, 4) is 0 Å². The molecular formula is C11H12Cl2N2O3S. The molecular weight excluding hydrogens is 311 g/mol. The Morgan fingerprint density at radius 3 is 2.68 bits per heavy atom. The highest BCUT2D eigenvalue weighted by Gasteiger charge is 2.25. The molecule has 1 saturated heterocycles. The molecule has 0 spiro atoms. The second kappa shape index (κ2) is 5.64. The Morgan fingerprint density at radius 1 is 1.21 bits per heavy atom. The van der Waals surface area contributed by atoms with Crippen LogP contribution in [0.2, 0.25) is 10.2 Å². The van der Waals surface area contributed by atoms with Crippen molar-refractivity contribution in [2.45, 2.75) is 6.42 Å². The summed E-state index contributed by atoms with van der Waals surface area (Å²) >= 11 is 11.7. The lowest BCUT2D eigenvalue weighted by Crippen LogP contribution is -2.34. The van der Waals surface area contributed by atoms with Crippen LogP contribution in [0.15, 0.2) is 12.1 Å². The lowest BCUT2D eigenvalue weighted by Gasteiger charge is -2.19. The van der Waals surface area contributed by atoms with Crippen LogP contribution in [0.1, 0.15) is 16.9 Å². The van der Waals surface area contributed by atoms with E-state index in [1.807, 2.05) is 0 Å². The molecule has 2 rings (SSSR count). The number of pyridine rings is 1. The fraction of sp³-hybridized carbons (Fsp3) is 0.455. The lowest BCUT2D eigenvalue weighted by molar-refractivity contribution is 0.0763. The van der Waals surface area contributed by atoms with Gasteiger partial charge in [0.2, 0.25) is 0 Å². The maximum atomic E-state index is 12.3. The zero-order valence-electron chi connectivity index (χ0n) is 9.97. The Morgan fingerprint density at radius 2 is 1.95 bits per heavy atom. The molecule has 1 amide bonds. The number of amides is 1. The lowest BCUT2D eigenvalue weighted by atomic mass is 10.3. The van der Waals surface area contributed by atoms with Gasteiger partial charge in [0.1, 0.15) is 10.8 Å². The number of nitrogens with zero attached hydrogens (tertiary/aromatic N) is 2. The molecule has 0 aliphatic carbocycles. The quantitative estimate of drug-likeness (QED) is 0.737. The summed E-state index contributed by atoms with van der Waals surface area (Å²) in [5.41, 5.74) is 0.0634. The molecule has 0 radical (unpaired) electrons. The van der Waals surface area contributed by atoms with E-state index >= 15 is 0 Å². The van der Waals surface area contributed by atoms with Gasteiger partial charge in [0.25, 0.3) is 5.91 Å². The van der Waals surface area contributed by atoms with Crippen molar-refractivity contribution in [3.63, 3.8) is 0 Å². The molecule has 5 nitrogen and oxygen atoms in total. The van der Waals surface area contributed by atoms with Gasteiger partial charge in [-0.15, -0.1) is 0 Å². The summed E-state index contributed by atoms with van der Waals surface area (Å²) in [6.07, 6.45) is 0.423. The normalized spacial score (nSPS) is 18.9. The van der Waals surface area contributed by atoms with Crippen LogP contribution in [0.25, 0.3) is 0 Å². The van der Waals surface area contributed by atoms with E-state index in [0.717, 1.165) is 0 Å². The molecule has 1 aromatic heterocycles. The highest BCUT2D eigenvalue weighted by molar-refractivity contribution is 7.91. The van der Waals surface area contributed by atoms with Crippen molar-refractivity contribution in [1.82, 2.24) is 9.88 Å². The number of rotatable bonds is 1. The molecule has 2 heterocycles. The third-order valence-corrected chi connectivity index (χ3v) is 5.09. The fourth-order valence-corrected chi connectivity index (χ4v) is 3.46. The number of aromatic nitrogens is 1. The molecule has 0 N–H and O–H groups in total. The molecule has 0 bridgehead atoms. The van der Waals surface area contributed by atoms with Crippen LogP contribution in [0.3, 0.4) is 0 Å². The predicted molar refractivity (Wildman–Crippen MR) is 73.4 cm³/mol. The van der Waals surface area contributed by atoms with Gasteiger partial charge in [0.05, 0.1) is 16.5 Å². The van der Waals surface area contributed by atoms with Crippen LogP contribution in [-0.2, 0) is 9.84 Å². The number of sulfone groups is 1. The summed E-state index contributed by atoms with van der Waals surface area (Å²) in [4.78, 5) is 17.6. The smallest absolute Gasteiger partial charge is 0.274 e. The minimum atomic E-state index is -3.06. The molecule has 1 aromatic rings. The first kappa shape index (κ1) is 14.6. The van der Waals surface area contributed by atoms with E-state index in [4.69, 9.17) is 23.2 Å². The Balaban J connectivity index is 2.22. The monoisotopic (exact) mass is 322 g/mol. The SMILES string of the molecule is O=C(c1nc(Cl)ccc1Cl)N1CCCS(=O)(=O)CC1. The fourth-order valence-electron chi connectivity index (χ4n) is 1.86. The molecule has 1 aliphatic heterocycles. The molecule has 1 aliphatic rings. The van der Waals surface area contributed by atoms with Crippen molar-refractivity contribution in [2.24, 2.45) is 0 Å². The van der Waals surface area contributed by atoms with Crippen LogP contribution in [-0.4, -0.2) is 48.8 Å². The second-order valence-corrected chi connectivity index (χ2v) is 7.36. The van der Waals surface area contributed by atoms with Crippen molar-refractivity contribution >= 4 is 38.9 Å². The third kappa shape index (κ3) is 3.58. The summed E-state index contributed by atoms with van der Waals surface area (Å²) in [5, 5.41) is 0.386. The topological polar surface area (TPSA) is 67.3 Å². The molecule has 0 atom stereocenters. The molecule has 104 valence electrons. The third-order valence-electron chi connectivity index (χ3n) is 2.86. The zero-order valence-corrected chi connectivity index (χ0v) is 12.3. The highest BCUT2D eigenvalue weighted by Crippen LogP contribution is 2.19. The number of hydrogen-bond acceptors (Lipinski definition) is 4. The first-order chi connectivity index (χ1) is 8.89. The van der Waals surface area contributed by atoms with E-state index in [9.17, 15) is 13.2 Å². The van der Waals surface area contributed by atoms with E-state index in [-0.39, 0.29) is 39.8 Å². The van der Waals surface area contributed by atoms with Gasteiger partial charge in [-0.1, -0.05) is 23.2 Å². The van der Waals surface area contributed by atoms with Crippen LogP contribution in [0.4, 0.5) is 0 Å². The van der Waals surface area contributed by atoms with Crippen LogP contribution in [0, 0.1) is 0 Å². The maximum Gasteiger partial charge on any atom is 0.274 e. The van der Waals surface area contributed by atoms with E-state index in [0.29, 0.717) is 13.0 Å². The van der Waals surface area contributed by atoms with Crippen molar-refractivity contribution in [1.29, 1.82) is 0 Å². The van der Waals surface area contributed by atoms with Crippen LogP contribution >= 0.6 is 23.2 Å². The minimum Gasteiger partial charge on any atom is -0.336 e. The highest BCUT2D eigenvalue weighted by atomic mass is 35.5. The predicted octanol–water partition coefficient (Wildman–Crippen LogP) is 1.65. The largest absolute Gasteiger partial charge is 0.336 e. The summed E-state index contributed by atoms with van der Waals surface area (Å²) < 4.78 is 23.0. The second-order valence-electron chi connectivity index (χ2n) is 4.26. The number of hydrogen-bond donors (Lipinski definition) is 0. The van der Waals surface area contributed by atoms with Gasteiger partial charge in [-0.2, -0.15) is 0 Å². The Labute approximate surface area is 121 Å². The summed E-state index contributed by atoms with van der Waals surface area (Å²) in [6, 6.07) is 2.99. The van der Waals surface area contributed by atoms with Crippen LogP contribution in [0.5, 0.6) is 0 Å². The Hall–Kier alpha value is -0.850. The van der Waals surface area contributed by atoms with Crippen molar-refractivity contribution in [2.75, 3.05) is 24.6 Å². The van der Waals surface area contributed by atoms with E-state index in [2.05, 4.69) is 4.98 Å². The molecule has 1 fully saturated rings. The Bertz CT molecular complexity index is 604. The van der Waals surface area contributed by atoms with Gasteiger partial charge in [-0.05, 0) is 18.6 Å². The summed E-state index contributed by atoms with van der Waals surface area (Å²) in [5.74, 6) is -0.311. The number of carbonyl (C=O) groups is 1. The average Bonchev–Trinajstić information content (AvgIpc) is 2.52. The summed E-state index contributed by atoms with van der Waals surface area (Å²) in [7, 11) is -3.06. The number of halogens is 2. The zero-order chi connectivity index (χ0) is 14.0. The van der Waals surface area contributed by atoms with Gasteiger partial charge in [-0.25, -0.2) is 13.4 Å². The molecule has 0 unspecified atom stereocenters. The van der Waals surface area contributed by atoms with Crippen molar-refractivity contribution in [3.05, 3.63) is 28.0 Å². The first-order valence-electron chi connectivity index (χ1n) is 5.71. The molecule has 0 saturated carbocycles. The van der Waals surface area contributed by atoms with Gasteiger partial charge < -0.3 is 4.90 Å². The van der Waals surface area contributed by atoms with Gasteiger partial charge in [0, 0.05) is 13.1 Å². The maximum absolute atomic E-state index is 12.3. The molecule has 8 heteroatoms. The van der Waals surface area contributed by atoms with Gasteiger partial charge in [-0.3, -0.25) is 4.79 Å².